The Labute approximate surface area is 200 Å². The third kappa shape index (κ3) is 3.55. The molecule has 2 amide bonds. The second-order valence-corrected chi connectivity index (χ2v) is 10.3. The molecule has 2 aliphatic carbocycles. The van der Waals surface area contributed by atoms with Crippen LogP contribution < -0.4 is 5.32 Å². The van der Waals surface area contributed by atoms with Gasteiger partial charge in [-0.25, -0.2) is 14.2 Å². The van der Waals surface area contributed by atoms with Crippen molar-refractivity contribution in [2.24, 2.45) is 11.8 Å². The number of benzene rings is 1. The maximum atomic E-state index is 14.8. The lowest BCUT2D eigenvalue weighted by Crippen LogP contribution is -2.70. The maximum Gasteiger partial charge on any atom is 0.323 e. The van der Waals surface area contributed by atoms with E-state index in [2.05, 4.69) is 32.5 Å². The SMILES string of the molecule is Cc1nnc([C@]23C[C@H](C)C[C@H](C2)N3C(=O)Nc2cc(-c3ncn(CC4CC4)n3)c(Cl)cc2F)o1. The summed E-state index contributed by atoms with van der Waals surface area (Å²) in [5.74, 6) is 1.71. The van der Waals surface area contributed by atoms with Crippen LogP contribution >= 0.6 is 11.6 Å². The van der Waals surface area contributed by atoms with Crippen LogP contribution in [0.4, 0.5) is 14.9 Å². The highest BCUT2D eigenvalue weighted by Gasteiger charge is 2.62. The van der Waals surface area contributed by atoms with Crippen LogP contribution in [0, 0.1) is 24.6 Å². The first-order valence-electron chi connectivity index (χ1n) is 11.6. The van der Waals surface area contributed by atoms with Crippen molar-refractivity contribution < 1.29 is 13.6 Å². The normalized spacial score (nSPS) is 25.8. The molecular weight excluding hydrogens is 461 g/mol. The van der Waals surface area contributed by atoms with Gasteiger partial charge >= 0.3 is 6.03 Å². The molecule has 6 rings (SSSR count). The highest BCUT2D eigenvalue weighted by molar-refractivity contribution is 6.33. The molecule has 0 radical (unpaired) electrons. The predicted octanol–water partition coefficient (Wildman–Crippen LogP) is 4.77. The molecule has 3 atom stereocenters. The van der Waals surface area contributed by atoms with Crippen molar-refractivity contribution in [3.05, 3.63) is 41.1 Å². The van der Waals surface area contributed by atoms with E-state index in [4.69, 9.17) is 16.0 Å². The van der Waals surface area contributed by atoms with Gasteiger partial charge in [0.15, 0.2) is 5.82 Å². The number of piperidine rings is 1. The topological polar surface area (TPSA) is 102 Å². The number of rotatable bonds is 5. The molecule has 1 aliphatic heterocycles. The summed E-state index contributed by atoms with van der Waals surface area (Å²) < 4.78 is 22.4. The van der Waals surface area contributed by atoms with E-state index in [1.807, 2.05) is 0 Å². The van der Waals surface area contributed by atoms with Gasteiger partial charge < -0.3 is 14.6 Å². The first kappa shape index (κ1) is 21.5. The minimum Gasteiger partial charge on any atom is -0.423 e. The number of aryl methyl sites for hydroxylation is 1. The summed E-state index contributed by atoms with van der Waals surface area (Å²) in [5.41, 5.74) is -0.173. The number of hydrogen-bond donors (Lipinski definition) is 1. The minimum absolute atomic E-state index is 0.0258. The lowest BCUT2D eigenvalue weighted by atomic mass is 9.64. The molecular formula is C23H25ClFN7O2. The van der Waals surface area contributed by atoms with E-state index in [0.29, 0.717) is 35.0 Å². The molecule has 3 aromatic rings. The van der Waals surface area contributed by atoms with Gasteiger partial charge in [0.25, 0.3) is 0 Å². The largest absolute Gasteiger partial charge is 0.423 e. The van der Waals surface area contributed by atoms with E-state index in [0.717, 1.165) is 25.8 Å². The van der Waals surface area contributed by atoms with E-state index in [1.165, 1.54) is 25.0 Å². The summed E-state index contributed by atoms with van der Waals surface area (Å²) in [6, 6.07) is 2.31. The molecule has 2 bridgehead atoms. The molecule has 2 aromatic heterocycles. The zero-order chi connectivity index (χ0) is 23.6. The number of amides is 2. The monoisotopic (exact) mass is 485 g/mol. The van der Waals surface area contributed by atoms with Crippen molar-refractivity contribution in [2.75, 3.05) is 5.32 Å². The zero-order valence-electron chi connectivity index (χ0n) is 19.0. The van der Waals surface area contributed by atoms with Gasteiger partial charge in [0.1, 0.15) is 17.7 Å². The van der Waals surface area contributed by atoms with Crippen LogP contribution in [0.15, 0.2) is 22.9 Å². The second-order valence-electron chi connectivity index (χ2n) is 9.91. The lowest BCUT2D eigenvalue weighted by molar-refractivity contribution is -0.110. The summed E-state index contributed by atoms with van der Waals surface area (Å²) >= 11 is 6.32. The fourth-order valence-electron chi connectivity index (χ4n) is 5.50. The number of likely N-dealkylation sites (tertiary alicyclic amines) is 1. The molecule has 34 heavy (non-hydrogen) atoms. The first-order chi connectivity index (χ1) is 16.3. The van der Waals surface area contributed by atoms with E-state index in [1.54, 1.807) is 22.8 Å². The zero-order valence-corrected chi connectivity index (χ0v) is 19.7. The van der Waals surface area contributed by atoms with Crippen molar-refractivity contribution in [1.29, 1.82) is 0 Å². The third-order valence-electron chi connectivity index (χ3n) is 7.12. The van der Waals surface area contributed by atoms with Crippen molar-refractivity contribution in [3.63, 3.8) is 0 Å². The maximum absolute atomic E-state index is 14.8. The van der Waals surface area contributed by atoms with Gasteiger partial charge in [-0.3, -0.25) is 4.68 Å². The van der Waals surface area contributed by atoms with Crippen molar-refractivity contribution >= 4 is 23.3 Å². The smallest absolute Gasteiger partial charge is 0.323 e. The minimum atomic E-state index is -0.664. The molecule has 3 fully saturated rings. The number of carbonyl (C=O) groups excluding carboxylic acids is 1. The number of halogens is 2. The highest BCUT2D eigenvalue weighted by atomic mass is 35.5. The number of nitrogens with zero attached hydrogens (tertiary/aromatic N) is 6. The standard InChI is InChI=1S/C23H25ClFN7O2/c1-12-5-15-9-23(8-12,21-29-28-13(2)34-21)32(15)22(33)27-19-6-16(17(24)7-18(19)25)20-26-11-31(30-20)10-14-3-4-14/h6-7,11-12,14-15H,3-5,8-10H2,1-2H3,(H,27,33)/t12-,15-,23+/m1/s1. The molecule has 3 heterocycles. The van der Waals surface area contributed by atoms with Gasteiger partial charge in [-0.15, -0.1) is 10.2 Å². The Kier molecular flexibility index (Phi) is 4.91. The Morgan fingerprint density at radius 2 is 2.15 bits per heavy atom. The van der Waals surface area contributed by atoms with Crippen molar-refractivity contribution in [1.82, 2.24) is 29.9 Å². The van der Waals surface area contributed by atoms with Gasteiger partial charge in [0.2, 0.25) is 11.8 Å². The average molecular weight is 486 g/mol. The van der Waals surface area contributed by atoms with Crippen LogP contribution in [0.1, 0.15) is 50.8 Å². The lowest BCUT2D eigenvalue weighted by Gasteiger charge is -2.61. The number of carbonyl (C=O) groups is 1. The van der Waals surface area contributed by atoms with Gasteiger partial charge in [-0.1, -0.05) is 18.5 Å². The number of anilines is 1. The Balaban J connectivity index is 1.27. The number of urea groups is 1. The van der Waals surface area contributed by atoms with Crippen LogP contribution in [0.2, 0.25) is 5.02 Å². The molecule has 1 saturated heterocycles. The fourth-order valence-corrected chi connectivity index (χ4v) is 5.73. The van der Waals surface area contributed by atoms with E-state index < -0.39 is 17.4 Å². The molecule has 9 nitrogen and oxygen atoms in total. The summed E-state index contributed by atoms with van der Waals surface area (Å²) in [4.78, 5) is 19.5. The van der Waals surface area contributed by atoms with Crippen molar-refractivity contribution in [3.8, 4) is 11.4 Å². The Hall–Kier alpha value is -3.01. The molecule has 178 valence electrons. The van der Waals surface area contributed by atoms with Crippen LogP contribution in [-0.4, -0.2) is 41.9 Å². The Morgan fingerprint density at radius 1 is 1.32 bits per heavy atom. The molecule has 0 unspecified atom stereocenters. The quantitative estimate of drug-likeness (QED) is 0.558. The Bertz CT molecular complexity index is 1270. The van der Waals surface area contributed by atoms with E-state index in [9.17, 15) is 9.18 Å². The summed E-state index contributed by atoms with van der Waals surface area (Å²) in [7, 11) is 0. The van der Waals surface area contributed by atoms with Gasteiger partial charge in [0, 0.05) is 31.5 Å². The van der Waals surface area contributed by atoms with E-state index in [-0.39, 0.29) is 16.8 Å². The predicted molar refractivity (Wildman–Crippen MR) is 122 cm³/mol. The average Bonchev–Trinajstić information content (AvgIpc) is 3.27. The van der Waals surface area contributed by atoms with Crippen molar-refractivity contribution in [2.45, 2.75) is 64.1 Å². The summed E-state index contributed by atoms with van der Waals surface area (Å²) in [6.07, 6.45) is 6.40. The third-order valence-corrected chi connectivity index (χ3v) is 7.43. The van der Waals surface area contributed by atoms with Crippen LogP contribution in [0.5, 0.6) is 0 Å². The van der Waals surface area contributed by atoms with Crippen LogP contribution in [0.25, 0.3) is 11.4 Å². The Morgan fingerprint density at radius 3 is 2.88 bits per heavy atom. The second kappa shape index (κ2) is 7.76. The van der Waals surface area contributed by atoms with Crippen LogP contribution in [0.3, 0.4) is 0 Å². The number of fused-ring (bicyclic) bond motifs is 2. The van der Waals surface area contributed by atoms with Gasteiger partial charge in [0.05, 0.1) is 10.7 Å². The molecule has 1 aromatic carbocycles. The molecule has 3 aliphatic rings. The van der Waals surface area contributed by atoms with Gasteiger partial charge in [-0.05, 0) is 49.7 Å². The first-order valence-corrected chi connectivity index (χ1v) is 12.0. The molecule has 1 N–H and O–H groups in total. The number of hydrogen-bond acceptors (Lipinski definition) is 6. The number of aromatic nitrogens is 5. The van der Waals surface area contributed by atoms with Gasteiger partial charge in [-0.2, -0.15) is 5.10 Å². The van der Waals surface area contributed by atoms with Crippen LogP contribution in [-0.2, 0) is 12.1 Å². The molecule has 0 spiro atoms. The fraction of sp³-hybridized carbons (Fsp3) is 0.522. The van der Waals surface area contributed by atoms with E-state index >= 15 is 0 Å². The summed E-state index contributed by atoms with van der Waals surface area (Å²) in [5, 5.41) is 15.6. The highest BCUT2D eigenvalue weighted by Crippen LogP contribution is 2.55. The molecule has 11 heteroatoms. The summed E-state index contributed by atoms with van der Waals surface area (Å²) in [6.45, 7) is 4.69. The number of nitrogens with one attached hydrogen (secondary N) is 1. The molecule has 2 saturated carbocycles.